The molecule has 1 amide bonds. The van der Waals surface area contributed by atoms with Gasteiger partial charge in [0.05, 0.1) is 16.1 Å². The second-order valence-electron chi connectivity index (χ2n) is 7.50. The van der Waals surface area contributed by atoms with Crippen LogP contribution in [0.15, 0.2) is 87.9 Å². The number of benzene rings is 3. The fourth-order valence-corrected chi connectivity index (χ4v) is 4.35. The standard InChI is InChI=1S/C24H19N7O5S/c1-2-29-22(16-7-4-3-5-8-16)26-28-24(29)37-21-12-11-20(31(35)36)14-18(21)15-25-27-23(32)17-9-6-10-19(13-17)30(33)34/h3-15H,2H2,1H3,(H,27,32)/b25-15-. The Morgan fingerprint density at radius 1 is 1.00 bits per heavy atom. The minimum Gasteiger partial charge on any atom is -0.302 e. The molecule has 0 aliphatic rings. The molecule has 3 aromatic carbocycles. The van der Waals surface area contributed by atoms with Gasteiger partial charge in [-0.1, -0.05) is 36.4 Å². The first-order valence-corrected chi connectivity index (χ1v) is 11.7. The first-order chi connectivity index (χ1) is 17.9. The number of nitrogens with zero attached hydrogens (tertiary/aromatic N) is 6. The van der Waals surface area contributed by atoms with Crippen LogP contribution in [0, 0.1) is 20.2 Å². The Bertz CT molecular complexity index is 1500. The Morgan fingerprint density at radius 3 is 2.43 bits per heavy atom. The number of carbonyl (C=O) groups excluding carboxylic acids is 1. The lowest BCUT2D eigenvalue weighted by atomic mass is 10.2. The van der Waals surface area contributed by atoms with Crippen LogP contribution in [-0.4, -0.2) is 36.7 Å². The monoisotopic (exact) mass is 517 g/mol. The number of nitro benzene ring substituents is 2. The topological polar surface area (TPSA) is 158 Å². The predicted molar refractivity (Wildman–Crippen MR) is 137 cm³/mol. The van der Waals surface area contributed by atoms with Crippen molar-refractivity contribution in [3.8, 4) is 11.4 Å². The number of aromatic nitrogens is 3. The van der Waals surface area contributed by atoms with E-state index in [2.05, 4.69) is 20.7 Å². The molecule has 12 nitrogen and oxygen atoms in total. The van der Waals surface area contributed by atoms with Crippen molar-refractivity contribution < 1.29 is 14.6 Å². The van der Waals surface area contributed by atoms with Gasteiger partial charge in [-0.25, -0.2) is 5.43 Å². The van der Waals surface area contributed by atoms with Gasteiger partial charge in [-0.15, -0.1) is 10.2 Å². The van der Waals surface area contributed by atoms with E-state index in [0.717, 1.165) is 11.6 Å². The quantitative estimate of drug-likeness (QED) is 0.190. The highest BCUT2D eigenvalue weighted by molar-refractivity contribution is 7.99. The third-order valence-corrected chi connectivity index (χ3v) is 6.24. The van der Waals surface area contributed by atoms with Crippen molar-refractivity contribution in [1.82, 2.24) is 20.2 Å². The molecule has 0 spiro atoms. The summed E-state index contributed by atoms with van der Waals surface area (Å²) in [5.74, 6) is 0.0183. The summed E-state index contributed by atoms with van der Waals surface area (Å²) in [6.45, 7) is 2.55. The number of carbonyl (C=O) groups is 1. The average Bonchev–Trinajstić information content (AvgIpc) is 3.32. The van der Waals surface area contributed by atoms with Gasteiger partial charge >= 0.3 is 0 Å². The summed E-state index contributed by atoms with van der Waals surface area (Å²) >= 11 is 1.25. The summed E-state index contributed by atoms with van der Waals surface area (Å²) in [4.78, 5) is 34.2. The third-order valence-electron chi connectivity index (χ3n) is 5.16. The van der Waals surface area contributed by atoms with Crippen LogP contribution in [0.1, 0.15) is 22.8 Å². The van der Waals surface area contributed by atoms with E-state index in [9.17, 15) is 25.0 Å². The molecule has 0 saturated heterocycles. The Balaban J connectivity index is 1.60. The zero-order valence-electron chi connectivity index (χ0n) is 19.3. The van der Waals surface area contributed by atoms with Gasteiger partial charge in [-0.2, -0.15) is 5.10 Å². The van der Waals surface area contributed by atoms with E-state index in [-0.39, 0.29) is 16.9 Å². The van der Waals surface area contributed by atoms with Crippen molar-refractivity contribution in [3.05, 3.63) is 104 Å². The molecule has 186 valence electrons. The van der Waals surface area contributed by atoms with Gasteiger partial charge in [0.1, 0.15) is 0 Å². The van der Waals surface area contributed by atoms with Gasteiger partial charge in [0.25, 0.3) is 17.3 Å². The van der Waals surface area contributed by atoms with Gasteiger partial charge in [0.2, 0.25) is 0 Å². The molecule has 1 aromatic heterocycles. The third kappa shape index (κ3) is 5.85. The first-order valence-electron chi connectivity index (χ1n) is 10.9. The molecular formula is C24H19N7O5S. The van der Waals surface area contributed by atoms with Gasteiger partial charge in [-0.05, 0) is 30.8 Å². The molecule has 0 saturated carbocycles. The van der Waals surface area contributed by atoms with Crippen LogP contribution in [-0.2, 0) is 6.54 Å². The van der Waals surface area contributed by atoms with Crippen molar-refractivity contribution >= 4 is 35.3 Å². The zero-order valence-corrected chi connectivity index (χ0v) is 20.2. The Hall–Kier alpha value is -4.91. The maximum atomic E-state index is 12.4. The minimum atomic E-state index is -0.669. The second kappa shape index (κ2) is 11.2. The summed E-state index contributed by atoms with van der Waals surface area (Å²) in [7, 11) is 0. The van der Waals surface area contributed by atoms with Crippen LogP contribution >= 0.6 is 11.8 Å². The highest BCUT2D eigenvalue weighted by atomic mass is 32.2. The highest BCUT2D eigenvalue weighted by Gasteiger charge is 2.17. The maximum absolute atomic E-state index is 12.4. The van der Waals surface area contributed by atoms with Crippen LogP contribution in [0.2, 0.25) is 0 Å². The van der Waals surface area contributed by atoms with Crippen molar-refractivity contribution in [1.29, 1.82) is 0 Å². The van der Waals surface area contributed by atoms with Gasteiger partial charge in [0.15, 0.2) is 11.0 Å². The Kier molecular flexibility index (Phi) is 7.64. The van der Waals surface area contributed by atoms with Crippen molar-refractivity contribution in [2.24, 2.45) is 5.10 Å². The molecule has 1 heterocycles. The van der Waals surface area contributed by atoms with E-state index in [4.69, 9.17) is 0 Å². The molecule has 0 radical (unpaired) electrons. The molecule has 0 atom stereocenters. The van der Waals surface area contributed by atoms with Crippen molar-refractivity contribution in [2.45, 2.75) is 23.5 Å². The summed E-state index contributed by atoms with van der Waals surface area (Å²) in [5.41, 5.74) is 3.22. The molecule has 37 heavy (non-hydrogen) atoms. The molecule has 0 bridgehead atoms. The number of hydrogen-bond acceptors (Lipinski definition) is 9. The van der Waals surface area contributed by atoms with Crippen LogP contribution in [0.3, 0.4) is 0 Å². The van der Waals surface area contributed by atoms with Crippen molar-refractivity contribution in [3.63, 3.8) is 0 Å². The van der Waals surface area contributed by atoms with E-state index < -0.39 is 15.8 Å². The van der Waals surface area contributed by atoms with E-state index >= 15 is 0 Å². The van der Waals surface area contributed by atoms with E-state index in [1.165, 1.54) is 48.3 Å². The molecule has 4 rings (SSSR count). The molecule has 0 aliphatic carbocycles. The molecule has 0 fully saturated rings. The fraction of sp³-hybridized carbons (Fsp3) is 0.0833. The zero-order chi connectivity index (χ0) is 26.4. The van der Waals surface area contributed by atoms with E-state index in [1.54, 1.807) is 6.07 Å². The molecule has 0 unspecified atom stereocenters. The predicted octanol–water partition coefficient (Wildman–Crippen LogP) is 4.70. The molecule has 4 aromatic rings. The maximum Gasteiger partial charge on any atom is 0.271 e. The van der Waals surface area contributed by atoms with Crippen LogP contribution < -0.4 is 5.43 Å². The first kappa shape index (κ1) is 25.2. The van der Waals surface area contributed by atoms with E-state index in [1.807, 2.05) is 41.8 Å². The number of hydrogen-bond donors (Lipinski definition) is 1. The highest BCUT2D eigenvalue weighted by Crippen LogP contribution is 2.33. The number of nitrogens with one attached hydrogen (secondary N) is 1. The number of amides is 1. The van der Waals surface area contributed by atoms with Crippen LogP contribution in [0.25, 0.3) is 11.4 Å². The number of nitro groups is 2. The fourth-order valence-electron chi connectivity index (χ4n) is 3.38. The molecular weight excluding hydrogens is 498 g/mol. The average molecular weight is 518 g/mol. The van der Waals surface area contributed by atoms with Crippen molar-refractivity contribution in [2.75, 3.05) is 0 Å². The van der Waals surface area contributed by atoms with Gasteiger partial charge in [0, 0.05) is 52.4 Å². The van der Waals surface area contributed by atoms with E-state index in [0.29, 0.717) is 28.0 Å². The summed E-state index contributed by atoms with van der Waals surface area (Å²) in [6, 6.07) is 19.0. The minimum absolute atomic E-state index is 0.0458. The smallest absolute Gasteiger partial charge is 0.271 e. The number of non-ortho nitro benzene ring substituents is 2. The molecule has 13 heteroatoms. The second-order valence-corrected chi connectivity index (χ2v) is 8.51. The lowest BCUT2D eigenvalue weighted by Crippen LogP contribution is -2.17. The lowest BCUT2D eigenvalue weighted by Gasteiger charge is -2.09. The normalized spacial score (nSPS) is 10.9. The number of rotatable bonds is 9. The van der Waals surface area contributed by atoms with Gasteiger partial charge in [-0.3, -0.25) is 25.0 Å². The number of hydrazone groups is 1. The molecule has 1 N–H and O–H groups in total. The Morgan fingerprint density at radius 2 is 1.73 bits per heavy atom. The summed E-state index contributed by atoms with van der Waals surface area (Å²) in [5, 5.41) is 35.4. The van der Waals surface area contributed by atoms with Crippen LogP contribution in [0.5, 0.6) is 0 Å². The van der Waals surface area contributed by atoms with Gasteiger partial charge < -0.3 is 4.57 Å². The SMILES string of the molecule is CCn1c(Sc2ccc([N+](=O)[O-])cc2/C=N\NC(=O)c2cccc([N+](=O)[O-])c2)nnc1-c1ccccc1. The lowest BCUT2D eigenvalue weighted by molar-refractivity contribution is -0.385. The van der Waals surface area contributed by atoms with Crippen LogP contribution in [0.4, 0.5) is 11.4 Å². The largest absolute Gasteiger partial charge is 0.302 e. The molecule has 0 aliphatic heterocycles. The summed E-state index contributed by atoms with van der Waals surface area (Å²) in [6.07, 6.45) is 1.27. The summed E-state index contributed by atoms with van der Waals surface area (Å²) < 4.78 is 1.92. The Labute approximate surface area is 214 Å².